The van der Waals surface area contributed by atoms with Crippen molar-refractivity contribution in [3.8, 4) is 0 Å². The molecule has 7 nitrogen and oxygen atoms in total. The Morgan fingerprint density at radius 1 is 1.24 bits per heavy atom. The van der Waals surface area contributed by atoms with E-state index in [-0.39, 0.29) is 17.4 Å². The number of ether oxygens (including phenoxy) is 1. The first-order chi connectivity index (χ1) is 13.9. The van der Waals surface area contributed by atoms with Gasteiger partial charge in [-0.1, -0.05) is 24.1 Å². The van der Waals surface area contributed by atoms with Gasteiger partial charge in [0.2, 0.25) is 10.0 Å². The van der Waals surface area contributed by atoms with Crippen LogP contribution in [0, 0.1) is 0 Å². The van der Waals surface area contributed by atoms with E-state index < -0.39 is 16.1 Å². The summed E-state index contributed by atoms with van der Waals surface area (Å²) in [6, 6.07) is 9.78. The lowest BCUT2D eigenvalue weighted by Gasteiger charge is -2.26. The second-order valence-corrected chi connectivity index (χ2v) is 9.22. The third-order valence-electron chi connectivity index (χ3n) is 4.74. The Morgan fingerprint density at radius 2 is 2.00 bits per heavy atom. The molecule has 3 rings (SSSR count). The number of sulfonamides is 1. The molecule has 9 heteroatoms. The van der Waals surface area contributed by atoms with Crippen molar-refractivity contribution < 1.29 is 17.9 Å². The minimum Gasteiger partial charge on any atom is -0.364 e. The number of halogens is 1. The molecule has 156 valence electrons. The molecule has 29 heavy (non-hydrogen) atoms. The predicted octanol–water partition coefficient (Wildman–Crippen LogP) is 3.45. The fourth-order valence-corrected chi connectivity index (χ4v) is 4.77. The molecule has 1 N–H and O–H groups in total. The standard InChI is InChI=1S/C20H24ClN3O4S/c1-15(20(25)23-19-7-3-4-10-22-19)28-14-16-13-17(8-9-18(16)21)29(26,27)24-11-5-2-6-12-24/h3-4,7-10,13,15H,2,5-6,11-12,14H2,1H3,(H,22,23,25). The highest BCUT2D eigenvalue weighted by Gasteiger charge is 2.26. The number of rotatable bonds is 7. The fraction of sp³-hybridized carbons (Fsp3) is 0.400. The lowest BCUT2D eigenvalue weighted by atomic mass is 10.2. The third-order valence-corrected chi connectivity index (χ3v) is 7.01. The molecular weight excluding hydrogens is 414 g/mol. The van der Waals surface area contributed by atoms with Crippen LogP contribution in [0.1, 0.15) is 31.7 Å². The van der Waals surface area contributed by atoms with Crippen molar-refractivity contribution in [3.05, 3.63) is 53.2 Å². The summed E-state index contributed by atoms with van der Waals surface area (Å²) < 4.78 is 32.9. The zero-order chi connectivity index (χ0) is 20.9. The van der Waals surface area contributed by atoms with Crippen LogP contribution in [-0.4, -0.2) is 42.8 Å². The number of nitrogens with one attached hydrogen (secondary N) is 1. The lowest BCUT2D eigenvalue weighted by molar-refractivity contribution is -0.127. The van der Waals surface area contributed by atoms with Gasteiger partial charge >= 0.3 is 0 Å². The van der Waals surface area contributed by atoms with Gasteiger partial charge in [-0.05, 0) is 55.7 Å². The number of carbonyl (C=O) groups excluding carboxylic acids is 1. The molecule has 2 heterocycles. The average molecular weight is 438 g/mol. The van der Waals surface area contributed by atoms with Crippen molar-refractivity contribution >= 4 is 33.3 Å². The molecule has 1 saturated heterocycles. The Kier molecular flexibility index (Phi) is 7.23. The summed E-state index contributed by atoms with van der Waals surface area (Å²) in [5.41, 5.74) is 0.516. The third kappa shape index (κ3) is 5.54. The Morgan fingerprint density at radius 3 is 2.69 bits per heavy atom. The van der Waals surface area contributed by atoms with Crippen molar-refractivity contribution in [1.82, 2.24) is 9.29 Å². The molecule has 1 aromatic carbocycles. The zero-order valence-electron chi connectivity index (χ0n) is 16.2. The molecule has 1 amide bonds. The Bertz CT molecular complexity index is 947. The van der Waals surface area contributed by atoms with E-state index in [1.54, 1.807) is 37.4 Å². The number of hydrogen-bond donors (Lipinski definition) is 1. The van der Waals surface area contributed by atoms with Crippen molar-refractivity contribution in [1.29, 1.82) is 0 Å². The number of pyridine rings is 1. The highest BCUT2D eigenvalue weighted by Crippen LogP contribution is 2.26. The topological polar surface area (TPSA) is 88.6 Å². The van der Waals surface area contributed by atoms with Crippen LogP contribution >= 0.6 is 11.6 Å². The molecule has 0 radical (unpaired) electrons. The average Bonchev–Trinajstić information content (AvgIpc) is 2.74. The van der Waals surface area contributed by atoms with Gasteiger partial charge in [0.1, 0.15) is 11.9 Å². The van der Waals surface area contributed by atoms with Crippen molar-refractivity contribution in [2.75, 3.05) is 18.4 Å². The summed E-state index contributed by atoms with van der Waals surface area (Å²) in [5.74, 6) is 0.0810. The SMILES string of the molecule is CC(OCc1cc(S(=O)(=O)N2CCCCC2)ccc1Cl)C(=O)Nc1ccccn1. The number of carbonyl (C=O) groups is 1. The van der Waals surface area contributed by atoms with Gasteiger partial charge in [0.15, 0.2) is 0 Å². The van der Waals surface area contributed by atoms with Crippen LogP contribution in [-0.2, 0) is 26.2 Å². The monoisotopic (exact) mass is 437 g/mol. The van der Waals surface area contributed by atoms with Crippen LogP contribution in [0.25, 0.3) is 0 Å². The molecule has 0 spiro atoms. The highest BCUT2D eigenvalue weighted by atomic mass is 35.5. The van der Waals surface area contributed by atoms with Gasteiger partial charge in [-0.15, -0.1) is 0 Å². The molecule has 0 saturated carbocycles. The summed E-state index contributed by atoms with van der Waals surface area (Å²) in [7, 11) is -3.57. The maximum atomic E-state index is 12.9. The van der Waals surface area contributed by atoms with Crippen LogP contribution in [0.3, 0.4) is 0 Å². The van der Waals surface area contributed by atoms with Crippen LogP contribution < -0.4 is 5.32 Å². The second-order valence-electron chi connectivity index (χ2n) is 6.88. The van der Waals surface area contributed by atoms with Gasteiger partial charge < -0.3 is 10.1 Å². The first-order valence-electron chi connectivity index (χ1n) is 9.50. The smallest absolute Gasteiger partial charge is 0.254 e. The fourth-order valence-electron chi connectivity index (χ4n) is 3.03. The van der Waals surface area contributed by atoms with E-state index in [4.69, 9.17) is 16.3 Å². The molecule has 1 aromatic heterocycles. The Labute approximate surface area is 176 Å². The van der Waals surface area contributed by atoms with Gasteiger partial charge in [-0.25, -0.2) is 13.4 Å². The zero-order valence-corrected chi connectivity index (χ0v) is 17.7. The van der Waals surface area contributed by atoms with Crippen LogP contribution in [0.5, 0.6) is 0 Å². The largest absolute Gasteiger partial charge is 0.364 e. The number of nitrogens with zero attached hydrogens (tertiary/aromatic N) is 2. The molecule has 1 aliphatic rings. The molecule has 1 aliphatic heterocycles. The van der Waals surface area contributed by atoms with Crippen LogP contribution in [0.4, 0.5) is 5.82 Å². The molecule has 2 aromatic rings. The van der Waals surface area contributed by atoms with Gasteiger partial charge in [0, 0.05) is 24.3 Å². The summed E-state index contributed by atoms with van der Waals surface area (Å²) in [4.78, 5) is 16.5. The van der Waals surface area contributed by atoms with Gasteiger partial charge in [-0.3, -0.25) is 4.79 Å². The summed E-state index contributed by atoms with van der Waals surface area (Å²) in [6.45, 7) is 2.68. The maximum Gasteiger partial charge on any atom is 0.254 e. The predicted molar refractivity (Wildman–Crippen MR) is 111 cm³/mol. The van der Waals surface area contributed by atoms with E-state index in [1.165, 1.54) is 16.4 Å². The molecular formula is C20H24ClN3O4S. The summed E-state index contributed by atoms with van der Waals surface area (Å²) >= 11 is 6.23. The quantitative estimate of drug-likeness (QED) is 0.716. The first-order valence-corrected chi connectivity index (χ1v) is 11.3. The molecule has 1 unspecified atom stereocenters. The number of amides is 1. The molecule has 0 aliphatic carbocycles. The van der Waals surface area contributed by atoms with Gasteiger partial charge in [-0.2, -0.15) is 4.31 Å². The van der Waals surface area contributed by atoms with Crippen molar-refractivity contribution in [3.63, 3.8) is 0 Å². The van der Waals surface area contributed by atoms with E-state index in [0.29, 0.717) is 29.5 Å². The van der Waals surface area contributed by atoms with Crippen LogP contribution in [0.15, 0.2) is 47.5 Å². The maximum absolute atomic E-state index is 12.9. The van der Waals surface area contributed by atoms with E-state index in [2.05, 4.69) is 10.3 Å². The van der Waals surface area contributed by atoms with Crippen molar-refractivity contribution in [2.24, 2.45) is 0 Å². The number of hydrogen-bond acceptors (Lipinski definition) is 5. The summed E-state index contributed by atoms with van der Waals surface area (Å²) in [6.07, 6.45) is 3.59. The first kappa shape index (κ1) is 21.7. The van der Waals surface area contributed by atoms with E-state index >= 15 is 0 Å². The molecule has 1 fully saturated rings. The van der Waals surface area contributed by atoms with E-state index in [9.17, 15) is 13.2 Å². The number of anilines is 1. The molecule has 1 atom stereocenters. The van der Waals surface area contributed by atoms with Crippen LogP contribution in [0.2, 0.25) is 5.02 Å². The summed E-state index contributed by atoms with van der Waals surface area (Å²) in [5, 5.41) is 3.05. The second kappa shape index (κ2) is 9.67. The minimum atomic E-state index is -3.57. The van der Waals surface area contributed by atoms with Crippen molar-refractivity contribution in [2.45, 2.75) is 43.8 Å². The highest BCUT2D eigenvalue weighted by molar-refractivity contribution is 7.89. The van der Waals surface area contributed by atoms with Gasteiger partial charge in [0.25, 0.3) is 5.91 Å². The number of piperidine rings is 1. The number of benzene rings is 1. The Balaban J connectivity index is 1.66. The normalized spacial score (nSPS) is 16.3. The Hall–Kier alpha value is -2.00. The lowest BCUT2D eigenvalue weighted by Crippen LogP contribution is -2.35. The minimum absolute atomic E-state index is 0.0129. The van der Waals surface area contributed by atoms with E-state index in [0.717, 1.165) is 19.3 Å². The van der Waals surface area contributed by atoms with E-state index in [1.807, 2.05) is 0 Å². The molecule has 0 bridgehead atoms. The number of aromatic nitrogens is 1. The van der Waals surface area contributed by atoms with Gasteiger partial charge in [0.05, 0.1) is 11.5 Å².